The first kappa shape index (κ1) is 16.0. The first-order chi connectivity index (χ1) is 10.1. The third-order valence-electron chi connectivity index (χ3n) is 4.14. The summed E-state index contributed by atoms with van der Waals surface area (Å²) in [6.07, 6.45) is 2.07. The van der Waals surface area contributed by atoms with Gasteiger partial charge in [-0.1, -0.05) is 29.8 Å². The molecule has 4 heteroatoms. The van der Waals surface area contributed by atoms with Gasteiger partial charge in [0.25, 0.3) is 0 Å². The number of carbonyl (C=O) groups is 1. The highest BCUT2D eigenvalue weighted by Crippen LogP contribution is 2.16. The van der Waals surface area contributed by atoms with Crippen LogP contribution in [0.25, 0.3) is 0 Å². The minimum absolute atomic E-state index is 0.0155. The van der Waals surface area contributed by atoms with E-state index < -0.39 is 6.10 Å². The summed E-state index contributed by atoms with van der Waals surface area (Å²) < 4.78 is 0. The van der Waals surface area contributed by atoms with Crippen molar-refractivity contribution in [3.05, 3.63) is 35.4 Å². The van der Waals surface area contributed by atoms with Gasteiger partial charge >= 0.3 is 0 Å². The Morgan fingerprint density at radius 2 is 2.29 bits per heavy atom. The van der Waals surface area contributed by atoms with Crippen molar-refractivity contribution in [1.82, 2.24) is 10.2 Å². The fourth-order valence-corrected chi connectivity index (χ4v) is 2.86. The van der Waals surface area contributed by atoms with Crippen molar-refractivity contribution >= 4 is 5.91 Å². The highest BCUT2D eigenvalue weighted by Gasteiger charge is 2.31. The largest absolute Gasteiger partial charge is 0.392 e. The zero-order chi connectivity index (χ0) is 15.2. The topological polar surface area (TPSA) is 52.6 Å². The van der Waals surface area contributed by atoms with E-state index in [2.05, 4.69) is 41.4 Å². The quantitative estimate of drug-likeness (QED) is 0.805. The summed E-state index contributed by atoms with van der Waals surface area (Å²) in [7, 11) is 1.99. The molecule has 0 aliphatic carbocycles. The fraction of sp³-hybridized carbons (Fsp3) is 0.588. The molecule has 0 bridgehead atoms. The standard InChI is InChI=1S/C17H26N2O2/c1-13-5-3-6-14(11-13)7-4-9-18-17(21)15-12-19(2)10-8-16(15)20/h3,5-6,11,15-16,20H,4,7-10,12H2,1-2H3,(H,18,21)/t15-,16+/m1/s1. The highest BCUT2D eigenvalue weighted by molar-refractivity contribution is 5.79. The first-order valence-corrected chi connectivity index (χ1v) is 7.76. The SMILES string of the molecule is Cc1cccc(CCCNC(=O)[C@@H]2CN(C)CC[C@@H]2O)c1. The molecule has 0 aromatic heterocycles. The molecule has 1 aromatic rings. The second-order valence-electron chi connectivity index (χ2n) is 6.11. The van der Waals surface area contributed by atoms with Crippen molar-refractivity contribution in [3.8, 4) is 0 Å². The molecule has 0 saturated carbocycles. The van der Waals surface area contributed by atoms with Crippen LogP contribution in [0.3, 0.4) is 0 Å². The molecule has 1 aromatic carbocycles. The molecule has 1 aliphatic heterocycles. The maximum Gasteiger partial charge on any atom is 0.227 e. The number of aryl methyl sites for hydroxylation is 2. The smallest absolute Gasteiger partial charge is 0.227 e. The van der Waals surface area contributed by atoms with Crippen molar-refractivity contribution in [2.24, 2.45) is 5.92 Å². The molecule has 0 unspecified atom stereocenters. The Balaban J connectivity index is 1.71. The van der Waals surface area contributed by atoms with E-state index in [1.807, 2.05) is 7.05 Å². The van der Waals surface area contributed by atoms with Gasteiger partial charge in [-0.15, -0.1) is 0 Å². The number of rotatable bonds is 5. The van der Waals surface area contributed by atoms with Crippen molar-refractivity contribution in [1.29, 1.82) is 0 Å². The maximum absolute atomic E-state index is 12.1. The molecule has 1 heterocycles. The van der Waals surface area contributed by atoms with Crippen LogP contribution < -0.4 is 5.32 Å². The molecule has 2 N–H and O–H groups in total. The molecule has 1 amide bonds. The number of nitrogens with one attached hydrogen (secondary N) is 1. The number of aliphatic hydroxyl groups excluding tert-OH is 1. The minimum Gasteiger partial charge on any atom is -0.392 e. The lowest BCUT2D eigenvalue weighted by Gasteiger charge is -2.32. The Labute approximate surface area is 127 Å². The Kier molecular flexibility index (Phi) is 5.76. The summed E-state index contributed by atoms with van der Waals surface area (Å²) in [6.45, 7) is 4.26. The van der Waals surface area contributed by atoms with Crippen molar-refractivity contribution in [2.75, 3.05) is 26.7 Å². The molecular formula is C17H26N2O2. The molecule has 4 nitrogen and oxygen atoms in total. The molecular weight excluding hydrogens is 264 g/mol. The highest BCUT2D eigenvalue weighted by atomic mass is 16.3. The Morgan fingerprint density at radius 3 is 3.05 bits per heavy atom. The Hall–Kier alpha value is -1.39. The van der Waals surface area contributed by atoms with Crippen LogP contribution in [0.4, 0.5) is 0 Å². The molecule has 0 spiro atoms. The molecule has 1 saturated heterocycles. The van der Waals surface area contributed by atoms with Gasteiger partial charge in [-0.25, -0.2) is 0 Å². The second kappa shape index (κ2) is 7.57. The number of benzene rings is 1. The normalized spacial score (nSPS) is 23.0. The number of piperidine rings is 1. The number of likely N-dealkylation sites (tertiary alicyclic amines) is 1. The number of aliphatic hydroxyl groups is 1. The van der Waals surface area contributed by atoms with Gasteiger partial charge in [0.1, 0.15) is 0 Å². The van der Waals surface area contributed by atoms with Crippen LogP contribution in [0.15, 0.2) is 24.3 Å². The van der Waals surface area contributed by atoms with Gasteiger partial charge < -0.3 is 15.3 Å². The van der Waals surface area contributed by atoms with Crippen LogP contribution in [-0.4, -0.2) is 48.7 Å². The summed E-state index contributed by atoms with van der Waals surface area (Å²) >= 11 is 0. The average Bonchev–Trinajstić information content (AvgIpc) is 2.46. The molecule has 21 heavy (non-hydrogen) atoms. The number of hydrogen-bond donors (Lipinski definition) is 2. The van der Waals surface area contributed by atoms with Crippen LogP contribution in [0.2, 0.25) is 0 Å². The zero-order valence-electron chi connectivity index (χ0n) is 13.0. The van der Waals surface area contributed by atoms with Gasteiger partial charge in [-0.05, 0) is 38.8 Å². The predicted octanol–water partition coefficient (Wildman–Crippen LogP) is 1.36. The van der Waals surface area contributed by atoms with Crippen molar-refractivity contribution in [2.45, 2.75) is 32.3 Å². The van der Waals surface area contributed by atoms with Crippen LogP contribution in [-0.2, 0) is 11.2 Å². The lowest BCUT2D eigenvalue weighted by molar-refractivity contribution is -0.131. The minimum atomic E-state index is -0.502. The molecule has 116 valence electrons. The molecule has 1 fully saturated rings. The van der Waals surface area contributed by atoms with E-state index in [-0.39, 0.29) is 11.8 Å². The zero-order valence-corrected chi connectivity index (χ0v) is 13.0. The molecule has 2 atom stereocenters. The van der Waals surface area contributed by atoms with Crippen molar-refractivity contribution in [3.63, 3.8) is 0 Å². The van der Waals surface area contributed by atoms with Gasteiger partial charge in [-0.2, -0.15) is 0 Å². The summed E-state index contributed by atoms with van der Waals surface area (Å²) in [5.74, 6) is -0.305. The van der Waals surface area contributed by atoms with Crippen LogP contribution in [0, 0.1) is 12.8 Å². The molecule has 1 aliphatic rings. The lowest BCUT2D eigenvalue weighted by atomic mass is 9.94. The van der Waals surface area contributed by atoms with Gasteiger partial charge in [0, 0.05) is 19.6 Å². The third-order valence-corrected chi connectivity index (χ3v) is 4.14. The maximum atomic E-state index is 12.1. The first-order valence-electron chi connectivity index (χ1n) is 7.76. The van der Waals surface area contributed by atoms with E-state index in [1.165, 1.54) is 11.1 Å². The second-order valence-corrected chi connectivity index (χ2v) is 6.11. The van der Waals surface area contributed by atoms with E-state index in [9.17, 15) is 9.90 Å². The number of hydrogen-bond acceptors (Lipinski definition) is 3. The third kappa shape index (κ3) is 4.83. The Morgan fingerprint density at radius 1 is 1.48 bits per heavy atom. The summed E-state index contributed by atoms with van der Waals surface area (Å²) in [5.41, 5.74) is 2.58. The van der Waals surface area contributed by atoms with E-state index in [1.54, 1.807) is 0 Å². The number of carbonyl (C=O) groups excluding carboxylic acids is 1. The van der Waals surface area contributed by atoms with Crippen LogP contribution in [0.1, 0.15) is 24.0 Å². The summed E-state index contributed by atoms with van der Waals surface area (Å²) in [5, 5.41) is 12.9. The predicted molar refractivity (Wildman–Crippen MR) is 84.1 cm³/mol. The van der Waals surface area contributed by atoms with E-state index in [0.717, 1.165) is 19.4 Å². The number of nitrogens with zero attached hydrogens (tertiary/aromatic N) is 1. The fourth-order valence-electron chi connectivity index (χ4n) is 2.86. The lowest BCUT2D eigenvalue weighted by Crippen LogP contribution is -2.48. The summed E-state index contributed by atoms with van der Waals surface area (Å²) in [4.78, 5) is 14.2. The van der Waals surface area contributed by atoms with Crippen LogP contribution >= 0.6 is 0 Å². The molecule has 2 rings (SSSR count). The van der Waals surface area contributed by atoms with Gasteiger partial charge in [-0.3, -0.25) is 4.79 Å². The van der Waals surface area contributed by atoms with Crippen molar-refractivity contribution < 1.29 is 9.90 Å². The van der Waals surface area contributed by atoms with Crippen LogP contribution in [0.5, 0.6) is 0 Å². The van der Waals surface area contributed by atoms with E-state index in [4.69, 9.17) is 0 Å². The van der Waals surface area contributed by atoms with Gasteiger partial charge in [0.15, 0.2) is 0 Å². The summed E-state index contributed by atoms with van der Waals surface area (Å²) in [6, 6.07) is 8.46. The van der Waals surface area contributed by atoms with E-state index in [0.29, 0.717) is 19.5 Å². The van der Waals surface area contributed by atoms with E-state index >= 15 is 0 Å². The average molecular weight is 290 g/mol. The Bertz CT molecular complexity index is 476. The molecule has 0 radical (unpaired) electrons. The van der Waals surface area contributed by atoms with Gasteiger partial charge in [0.05, 0.1) is 12.0 Å². The van der Waals surface area contributed by atoms with Gasteiger partial charge in [0.2, 0.25) is 5.91 Å². The number of amides is 1. The monoisotopic (exact) mass is 290 g/mol.